The lowest BCUT2D eigenvalue weighted by molar-refractivity contribution is 0.570. The molecule has 4 nitrogen and oxygen atoms in total. The van der Waals surface area contributed by atoms with Crippen molar-refractivity contribution < 1.29 is 8.78 Å². The molecule has 3 aromatic rings. The lowest BCUT2D eigenvalue weighted by Gasteiger charge is -2.26. The van der Waals surface area contributed by atoms with Gasteiger partial charge in [0.1, 0.15) is 16.5 Å². The lowest BCUT2D eigenvalue weighted by atomic mass is 9.88. The zero-order valence-corrected chi connectivity index (χ0v) is 15.0. The Morgan fingerprint density at radius 3 is 2.70 bits per heavy atom. The monoisotopic (exact) mass is 387 g/mol. The second kappa shape index (κ2) is 7.12. The normalized spacial score (nSPS) is 16.0. The van der Waals surface area contributed by atoms with Crippen LogP contribution in [0.25, 0.3) is 5.69 Å². The van der Waals surface area contributed by atoms with Gasteiger partial charge in [-0.3, -0.25) is 4.79 Å². The molecule has 1 aliphatic carbocycles. The number of nitrogens with zero attached hydrogens (tertiary/aromatic N) is 2. The van der Waals surface area contributed by atoms with Crippen LogP contribution in [-0.4, -0.2) is 15.8 Å². The molecule has 1 aromatic heterocycles. The summed E-state index contributed by atoms with van der Waals surface area (Å²) in [6.45, 7) is 0. The van der Waals surface area contributed by atoms with E-state index in [1.807, 2.05) is 12.1 Å². The summed E-state index contributed by atoms with van der Waals surface area (Å²) in [5, 5.41) is 7.20. The number of aryl methyl sites for hydroxylation is 1. The van der Waals surface area contributed by atoms with Gasteiger partial charge in [-0.2, -0.15) is 9.78 Å². The number of fused-ring (bicyclic) bond motifs is 1. The van der Waals surface area contributed by atoms with Gasteiger partial charge in [-0.1, -0.05) is 35.9 Å². The standard InChI is InChI=1S/C20H16ClF2N3O/c21-19-17(25-15-7-5-12-3-1-2-4-13(12)9-15)11-24-26(20(19)27)18-8-6-14(22)10-16(18)23/h1-4,6,8,10-11,15,25H,5,7,9H2/t15-/m0/s1. The van der Waals surface area contributed by atoms with Crippen LogP contribution in [0.1, 0.15) is 17.5 Å². The Morgan fingerprint density at radius 1 is 1.15 bits per heavy atom. The molecule has 7 heteroatoms. The van der Waals surface area contributed by atoms with Gasteiger partial charge in [0.2, 0.25) is 0 Å². The minimum absolute atomic E-state index is 0.0763. The van der Waals surface area contributed by atoms with Gasteiger partial charge < -0.3 is 5.32 Å². The highest BCUT2D eigenvalue weighted by Gasteiger charge is 2.20. The highest BCUT2D eigenvalue weighted by atomic mass is 35.5. The summed E-state index contributed by atoms with van der Waals surface area (Å²) in [4.78, 5) is 12.5. The molecule has 1 heterocycles. The molecular formula is C20H16ClF2N3O. The Balaban J connectivity index is 1.61. The van der Waals surface area contributed by atoms with Crippen LogP contribution in [0.3, 0.4) is 0 Å². The third-order valence-corrected chi connectivity index (χ3v) is 5.13. The van der Waals surface area contributed by atoms with E-state index >= 15 is 0 Å². The third-order valence-electron chi connectivity index (χ3n) is 4.76. The molecule has 0 unspecified atom stereocenters. The SMILES string of the molecule is O=c1c(Cl)c(N[C@H]2CCc3ccccc3C2)cnn1-c1ccc(F)cc1F. The van der Waals surface area contributed by atoms with Crippen LogP contribution in [0.2, 0.25) is 5.02 Å². The topological polar surface area (TPSA) is 46.9 Å². The van der Waals surface area contributed by atoms with Crippen molar-refractivity contribution in [2.75, 3.05) is 5.32 Å². The molecule has 0 amide bonds. The minimum Gasteiger partial charge on any atom is -0.379 e. The first-order chi connectivity index (χ1) is 13.0. The summed E-state index contributed by atoms with van der Waals surface area (Å²) >= 11 is 6.22. The fraction of sp³-hybridized carbons (Fsp3) is 0.200. The quantitative estimate of drug-likeness (QED) is 0.735. The summed E-state index contributed by atoms with van der Waals surface area (Å²) in [6, 6.07) is 11.3. The molecule has 2 aromatic carbocycles. The van der Waals surface area contributed by atoms with Crippen molar-refractivity contribution in [3.05, 3.63) is 86.8 Å². The average Bonchev–Trinajstić information content (AvgIpc) is 2.66. The number of hydrogen-bond acceptors (Lipinski definition) is 3. The van der Waals surface area contributed by atoms with E-state index in [9.17, 15) is 13.6 Å². The maximum atomic E-state index is 14.0. The second-order valence-corrected chi connectivity index (χ2v) is 6.92. The van der Waals surface area contributed by atoms with Crippen molar-refractivity contribution in [3.63, 3.8) is 0 Å². The van der Waals surface area contributed by atoms with Crippen molar-refractivity contribution in [1.29, 1.82) is 0 Å². The Kier molecular flexibility index (Phi) is 4.66. The van der Waals surface area contributed by atoms with E-state index in [0.29, 0.717) is 11.8 Å². The van der Waals surface area contributed by atoms with Crippen molar-refractivity contribution >= 4 is 17.3 Å². The van der Waals surface area contributed by atoms with E-state index in [4.69, 9.17) is 11.6 Å². The Labute approximate surface area is 159 Å². The fourth-order valence-corrected chi connectivity index (χ4v) is 3.58. The molecule has 138 valence electrons. The van der Waals surface area contributed by atoms with Gasteiger partial charge in [0.25, 0.3) is 5.56 Å². The summed E-state index contributed by atoms with van der Waals surface area (Å²) in [5.41, 5.74) is 2.20. The molecule has 0 saturated heterocycles. The third kappa shape index (κ3) is 3.45. The Morgan fingerprint density at radius 2 is 1.93 bits per heavy atom. The molecule has 27 heavy (non-hydrogen) atoms. The van der Waals surface area contributed by atoms with Crippen LogP contribution < -0.4 is 10.9 Å². The van der Waals surface area contributed by atoms with Crippen LogP contribution in [0, 0.1) is 11.6 Å². The van der Waals surface area contributed by atoms with Gasteiger partial charge in [0, 0.05) is 12.1 Å². The summed E-state index contributed by atoms with van der Waals surface area (Å²) < 4.78 is 27.9. The van der Waals surface area contributed by atoms with Gasteiger partial charge in [0.05, 0.1) is 11.9 Å². The van der Waals surface area contributed by atoms with Crippen LogP contribution in [0.15, 0.2) is 53.5 Å². The number of nitrogens with one attached hydrogen (secondary N) is 1. The van der Waals surface area contributed by atoms with E-state index in [2.05, 4.69) is 22.5 Å². The van der Waals surface area contributed by atoms with E-state index in [1.54, 1.807) is 0 Å². The predicted molar refractivity (Wildman–Crippen MR) is 101 cm³/mol. The predicted octanol–water partition coefficient (Wildman–Crippen LogP) is 4.13. The molecule has 0 fully saturated rings. The van der Waals surface area contributed by atoms with E-state index in [-0.39, 0.29) is 16.8 Å². The molecular weight excluding hydrogens is 372 g/mol. The first kappa shape index (κ1) is 17.7. The van der Waals surface area contributed by atoms with Crippen LogP contribution in [0.5, 0.6) is 0 Å². The molecule has 0 saturated carbocycles. The summed E-state index contributed by atoms with van der Waals surface area (Å²) in [6.07, 6.45) is 4.06. The smallest absolute Gasteiger partial charge is 0.292 e. The second-order valence-electron chi connectivity index (χ2n) is 6.54. The molecule has 1 N–H and O–H groups in total. The highest BCUT2D eigenvalue weighted by Crippen LogP contribution is 2.25. The first-order valence-corrected chi connectivity index (χ1v) is 8.97. The zero-order valence-electron chi connectivity index (χ0n) is 14.3. The van der Waals surface area contributed by atoms with Crippen LogP contribution in [0.4, 0.5) is 14.5 Å². The minimum atomic E-state index is -0.884. The maximum Gasteiger partial charge on any atom is 0.292 e. The van der Waals surface area contributed by atoms with Crippen molar-refractivity contribution in [1.82, 2.24) is 9.78 Å². The van der Waals surface area contributed by atoms with Crippen LogP contribution in [-0.2, 0) is 12.8 Å². The van der Waals surface area contributed by atoms with Gasteiger partial charge >= 0.3 is 0 Å². The molecule has 0 radical (unpaired) electrons. The fourth-order valence-electron chi connectivity index (χ4n) is 3.40. The summed E-state index contributed by atoms with van der Waals surface area (Å²) in [7, 11) is 0. The average molecular weight is 388 g/mol. The van der Waals surface area contributed by atoms with Crippen LogP contribution >= 0.6 is 11.6 Å². The Hall–Kier alpha value is -2.73. The number of benzene rings is 2. The molecule has 0 bridgehead atoms. The van der Waals surface area contributed by atoms with Gasteiger partial charge in [-0.25, -0.2) is 8.78 Å². The van der Waals surface area contributed by atoms with E-state index in [0.717, 1.165) is 36.1 Å². The van der Waals surface area contributed by atoms with Gasteiger partial charge in [-0.15, -0.1) is 0 Å². The molecule has 0 aliphatic heterocycles. The molecule has 1 atom stereocenters. The van der Waals surface area contributed by atoms with Gasteiger partial charge in [0.15, 0.2) is 5.82 Å². The molecule has 1 aliphatic rings. The van der Waals surface area contributed by atoms with Crippen molar-refractivity contribution in [2.24, 2.45) is 0 Å². The molecule has 4 rings (SSSR count). The van der Waals surface area contributed by atoms with Gasteiger partial charge in [-0.05, 0) is 42.5 Å². The number of rotatable bonds is 3. The van der Waals surface area contributed by atoms with E-state index in [1.165, 1.54) is 17.3 Å². The lowest BCUT2D eigenvalue weighted by Crippen LogP contribution is -2.30. The molecule has 0 spiro atoms. The van der Waals surface area contributed by atoms with Crippen molar-refractivity contribution in [2.45, 2.75) is 25.3 Å². The first-order valence-electron chi connectivity index (χ1n) is 8.59. The maximum absolute atomic E-state index is 14.0. The number of halogens is 3. The van der Waals surface area contributed by atoms with Crippen molar-refractivity contribution in [3.8, 4) is 5.69 Å². The Bertz CT molecular complexity index is 1070. The zero-order chi connectivity index (χ0) is 19.0. The highest BCUT2D eigenvalue weighted by molar-refractivity contribution is 6.33. The number of aromatic nitrogens is 2. The summed E-state index contributed by atoms with van der Waals surface area (Å²) in [5.74, 6) is -1.61. The number of hydrogen-bond donors (Lipinski definition) is 1. The van der Waals surface area contributed by atoms with E-state index < -0.39 is 17.2 Å². The largest absolute Gasteiger partial charge is 0.379 e. The number of anilines is 1.